The van der Waals surface area contributed by atoms with Crippen molar-refractivity contribution in [3.8, 4) is 5.75 Å². The van der Waals surface area contributed by atoms with Crippen molar-refractivity contribution in [2.75, 3.05) is 6.54 Å². The summed E-state index contributed by atoms with van der Waals surface area (Å²) in [6.07, 6.45) is 4.54. The third-order valence-electron chi connectivity index (χ3n) is 3.66. The fourth-order valence-corrected chi connectivity index (χ4v) is 2.29. The minimum atomic E-state index is -0.163. The van der Waals surface area contributed by atoms with Gasteiger partial charge in [-0.1, -0.05) is 44.4 Å². The minimum absolute atomic E-state index is 0.163. The molecule has 1 heterocycles. The number of rotatable bonds is 9. The second kappa shape index (κ2) is 9.03. The quantitative estimate of drug-likeness (QED) is 0.694. The van der Waals surface area contributed by atoms with Crippen molar-refractivity contribution in [1.82, 2.24) is 5.32 Å². The van der Waals surface area contributed by atoms with E-state index in [0.29, 0.717) is 24.7 Å². The molecule has 1 N–H and O–H groups in total. The lowest BCUT2D eigenvalue weighted by Crippen LogP contribution is -2.23. The van der Waals surface area contributed by atoms with Gasteiger partial charge < -0.3 is 14.5 Å². The molecule has 0 aliphatic rings. The van der Waals surface area contributed by atoms with Crippen LogP contribution in [0.2, 0.25) is 0 Å². The Morgan fingerprint density at radius 1 is 1.13 bits per heavy atom. The van der Waals surface area contributed by atoms with Crippen molar-refractivity contribution in [3.05, 3.63) is 53.5 Å². The summed E-state index contributed by atoms with van der Waals surface area (Å²) in [5.74, 6) is 1.64. The highest BCUT2D eigenvalue weighted by atomic mass is 16.5. The molecule has 1 aromatic heterocycles. The number of amides is 1. The zero-order valence-corrected chi connectivity index (χ0v) is 13.9. The average Bonchev–Trinajstić information content (AvgIpc) is 3.03. The second-order valence-electron chi connectivity index (χ2n) is 5.64. The van der Waals surface area contributed by atoms with Crippen molar-refractivity contribution in [1.29, 1.82) is 0 Å². The van der Waals surface area contributed by atoms with E-state index in [1.54, 1.807) is 12.1 Å². The normalized spacial score (nSPS) is 10.5. The van der Waals surface area contributed by atoms with Gasteiger partial charge >= 0.3 is 0 Å². The maximum absolute atomic E-state index is 12.0. The zero-order chi connectivity index (χ0) is 16.5. The summed E-state index contributed by atoms with van der Waals surface area (Å²) in [5, 5.41) is 2.88. The summed E-state index contributed by atoms with van der Waals surface area (Å²) in [4.78, 5) is 12.0. The Morgan fingerprint density at radius 2 is 1.96 bits per heavy atom. The molecule has 0 atom stereocenters. The first-order valence-corrected chi connectivity index (χ1v) is 8.26. The van der Waals surface area contributed by atoms with Gasteiger partial charge in [0.15, 0.2) is 5.76 Å². The lowest BCUT2D eigenvalue weighted by atomic mass is 10.2. The highest BCUT2D eigenvalue weighted by Gasteiger charge is 2.11. The zero-order valence-electron chi connectivity index (χ0n) is 13.9. The van der Waals surface area contributed by atoms with Gasteiger partial charge in [-0.05, 0) is 37.1 Å². The minimum Gasteiger partial charge on any atom is -0.485 e. The first kappa shape index (κ1) is 17.1. The summed E-state index contributed by atoms with van der Waals surface area (Å²) in [7, 11) is 0. The Bertz CT molecular complexity index is 619. The smallest absolute Gasteiger partial charge is 0.286 e. The van der Waals surface area contributed by atoms with Gasteiger partial charge in [-0.2, -0.15) is 0 Å². The maximum atomic E-state index is 12.0. The number of unbranched alkanes of at least 4 members (excludes halogenated alkanes) is 3. The van der Waals surface area contributed by atoms with Gasteiger partial charge in [-0.3, -0.25) is 4.79 Å². The van der Waals surface area contributed by atoms with Gasteiger partial charge in [0.25, 0.3) is 5.91 Å². The van der Waals surface area contributed by atoms with Gasteiger partial charge in [0.05, 0.1) is 0 Å². The topological polar surface area (TPSA) is 51.5 Å². The van der Waals surface area contributed by atoms with Crippen molar-refractivity contribution in [2.45, 2.75) is 46.1 Å². The highest BCUT2D eigenvalue weighted by Crippen LogP contribution is 2.18. The molecule has 0 saturated carbocycles. The lowest BCUT2D eigenvalue weighted by molar-refractivity contribution is 0.0921. The maximum Gasteiger partial charge on any atom is 0.286 e. The molecule has 124 valence electrons. The summed E-state index contributed by atoms with van der Waals surface area (Å²) < 4.78 is 11.3. The first-order chi connectivity index (χ1) is 11.2. The molecule has 0 fully saturated rings. The predicted molar refractivity (Wildman–Crippen MR) is 90.7 cm³/mol. The van der Waals surface area contributed by atoms with E-state index in [2.05, 4.69) is 12.2 Å². The van der Waals surface area contributed by atoms with Gasteiger partial charge in [-0.15, -0.1) is 0 Å². The molecule has 0 radical (unpaired) electrons. The number of aryl methyl sites for hydroxylation is 1. The third kappa shape index (κ3) is 5.47. The molecular formula is C19H25NO3. The number of furan rings is 1. The Hall–Kier alpha value is -2.23. The summed E-state index contributed by atoms with van der Waals surface area (Å²) >= 11 is 0. The van der Waals surface area contributed by atoms with E-state index >= 15 is 0 Å². The number of hydrogen-bond acceptors (Lipinski definition) is 3. The van der Waals surface area contributed by atoms with Crippen LogP contribution in [0.3, 0.4) is 0 Å². The molecular weight excluding hydrogens is 290 g/mol. The fraction of sp³-hybridized carbons (Fsp3) is 0.421. The average molecular weight is 315 g/mol. The Labute approximate surface area is 137 Å². The Morgan fingerprint density at radius 3 is 2.74 bits per heavy atom. The largest absolute Gasteiger partial charge is 0.485 e. The van der Waals surface area contributed by atoms with Gasteiger partial charge in [0, 0.05) is 6.54 Å². The number of benzene rings is 1. The van der Waals surface area contributed by atoms with Crippen LogP contribution in [0.5, 0.6) is 5.75 Å². The van der Waals surface area contributed by atoms with Crippen LogP contribution in [0.25, 0.3) is 0 Å². The van der Waals surface area contributed by atoms with Crippen LogP contribution in [0.15, 0.2) is 40.8 Å². The van der Waals surface area contributed by atoms with E-state index < -0.39 is 0 Å². The molecule has 0 saturated heterocycles. The standard InChI is InChI=1S/C19H25NO3/c1-3-4-5-8-13-20-19(21)18-12-11-16(23-18)14-22-17-10-7-6-9-15(17)2/h6-7,9-12H,3-5,8,13-14H2,1-2H3,(H,20,21). The highest BCUT2D eigenvalue weighted by molar-refractivity contribution is 5.91. The molecule has 0 spiro atoms. The van der Waals surface area contributed by atoms with Gasteiger partial charge in [0.1, 0.15) is 18.1 Å². The van der Waals surface area contributed by atoms with Crippen molar-refractivity contribution >= 4 is 5.91 Å². The molecule has 0 aliphatic carbocycles. The molecule has 0 bridgehead atoms. The van der Waals surface area contributed by atoms with Crippen LogP contribution < -0.4 is 10.1 Å². The molecule has 2 aromatic rings. The van der Waals surface area contributed by atoms with Crippen LogP contribution in [-0.2, 0) is 6.61 Å². The summed E-state index contributed by atoms with van der Waals surface area (Å²) in [6, 6.07) is 11.3. The number of nitrogens with one attached hydrogen (secondary N) is 1. The number of ether oxygens (including phenoxy) is 1. The summed E-state index contributed by atoms with van der Waals surface area (Å²) in [5.41, 5.74) is 1.07. The van der Waals surface area contributed by atoms with E-state index in [-0.39, 0.29) is 5.91 Å². The first-order valence-electron chi connectivity index (χ1n) is 8.26. The molecule has 23 heavy (non-hydrogen) atoms. The molecule has 4 nitrogen and oxygen atoms in total. The van der Waals surface area contributed by atoms with Crippen molar-refractivity contribution < 1.29 is 13.9 Å². The lowest BCUT2D eigenvalue weighted by Gasteiger charge is -2.07. The third-order valence-corrected chi connectivity index (χ3v) is 3.66. The Kier molecular flexibility index (Phi) is 6.73. The number of carbonyl (C=O) groups is 1. The van der Waals surface area contributed by atoms with Crippen LogP contribution in [0.4, 0.5) is 0 Å². The van der Waals surface area contributed by atoms with Gasteiger partial charge in [0.2, 0.25) is 0 Å². The van der Waals surface area contributed by atoms with E-state index in [1.807, 2.05) is 31.2 Å². The Balaban J connectivity index is 1.78. The summed E-state index contributed by atoms with van der Waals surface area (Å²) in [6.45, 7) is 5.17. The van der Waals surface area contributed by atoms with Crippen molar-refractivity contribution in [3.63, 3.8) is 0 Å². The van der Waals surface area contributed by atoms with E-state index in [0.717, 1.165) is 24.2 Å². The fourth-order valence-electron chi connectivity index (χ4n) is 2.29. The molecule has 1 aromatic carbocycles. The number of carbonyl (C=O) groups excluding carboxylic acids is 1. The van der Waals surface area contributed by atoms with Crippen LogP contribution >= 0.6 is 0 Å². The SMILES string of the molecule is CCCCCCNC(=O)c1ccc(COc2ccccc2C)o1. The molecule has 0 unspecified atom stereocenters. The van der Waals surface area contributed by atoms with E-state index in [1.165, 1.54) is 12.8 Å². The predicted octanol–water partition coefficient (Wildman–Crippen LogP) is 4.48. The number of hydrogen-bond donors (Lipinski definition) is 1. The van der Waals surface area contributed by atoms with E-state index in [9.17, 15) is 4.79 Å². The van der Waals surface area contributed by atoms with Gasteiger partial charge in [-0.25, -0.2) is 0 Å². The van der Waals surface area contributed by atoms with Crippen LogP contribution in [-0.4, -0.2) is 12.5 Å². The van der Waals surface area contributed by atoms with E-state index in [4.69, 9.17) is 9.15 Å². The second-order valence-corrected chi connectivity index (χ2v) is 5.64. The molecule has 0 aliphatic heterocycles. The van der Waals surface area contributed by atoms with Crippen molar-refractivity contribution in [2.24, 2.45) is 0 Å². The monoisotopic (exact) mass is 315 g/mol. The van der Waals surface area contributed by atoms with Crippen LogP contribution in [0.1, 0.15) is 54.5 Å². The van der Waals surface area contributed by atoms with Crippen LogP contribution in [0, 0.1) is 6.92 Å². The molecule has 2 rings (SSSR count). The number of para-hydroxylation sites is 1. The molecule has 1 amide bonds. The molecule has 4 heteroatoms.